The lowest BCUT2D eigenvalue weighted by Gasteiger charge is -2.26. The van der Waals surface area contributed by atoms with Gasteiger partial charge < -0.3 is 4.90 Å². The van der Waals surface area contributed by atoms with E-state index in [9.17, 15) is 13.2 Å². The smallest absolute Gasteiger partial charge is 0.361 e. The molecule has 0 aliphatic carbocycles. The molecule has 0 saturated heterocycles. The van der Waals surface area contributed by atoms with Crippen molar-refractivity contribution in [3.05, 3.63) is 28.2 Å². The van der Waals surface area contributed by atoms with Gasteiger partial charge in [0.15, 0.2) is 0 Å². The average molecular weight is 321 g/mol. The second-order valence-corrected chi connectivity index (χ2v) is 4.73. The molecular formula is C12H12BrF3N2. The van der Waals surface area contributed by atoms with Crippen molar-refractivity contribution in [3.63, 3.8) is 0 Å². The monoisotopic (exact) mass is 320 g/mol. The zero-order chi connectivity index (χ0) is 13.8. The van der Waals surface area contributed by atoms with Gasteiger partial charge >= 0.3 is 6.18 Å². The summed E-state index contributed by atoms with van der Waals surface area (Å²) < 4.78 is 38.2. The summed E-state index contributed by atoms with van der Waals surface area (Å²) in [5.74, 6) is 0. The van der Waals surface area contributed by atoms with Crippen LogP contribution in [0.15, 0.2) is 22.7 Å². The number of hydrogen-bond acceptors (Lipinski definition) is 2. The maximum atomic E-state index is 12.5. The molecule has 0 aliphatic rings. The molecule has 0 saturated carbocycles. The van der Waals surface area contributed by atoms with E-state index in [-0.39, 0.29) is 12.1 Å². The molecule has 1 aromatic carbocycles. The van der Waals surface area contributed by atoms with Crippen LogP contribution in [0.4, 0.5) is 18.9 Å². The van der Waals surface area contributed by atoms with Crippen molar-refractivity contribution in [1.29, 1.82) is 5.26 Å². The molecule has 0 fully saturated rings. The van der Waals surface area contributed by atoms with Crippen molar-refractivity contribution < 1.29 is 13.2 Å². The Hall–Kier alpha value is -1.22. The zero-order valence-electron chi connectivity index (χ0n) is 9.76. The van der Waals surface area contributed by atoms with Crippen LogP contribution >= 0.6 is 15.9 Å². The fraction of sp³-hybridized carbons (Fsp3) is 0.417. The minimum Gasteiger partial charge on any atom is -0.361 e. The third-order valence-electron chi connectivity index (χ3n) is 2.28. The van der Waals surface area contributed by atoms with Gasteiger partial charge in [-0.1, -0.05) is 22.9 Å². The highest BCUT2D eigenvalue weighted by Gasteiger charge is 2.31. The molecule has 6 heteroatoms. The summed E-state index contributed by atoms with van der Waals surface area (Å²) in [6, 6.07) is 6.61. The van der Waals surface area contributed by atoms with E-state index in [0.717, 1.165) is 0 Å². The van der Waals surface area contributed by atoms with Crippen molar-refractivity contribution in [2.24, 2.45) is 0 Å². The van der Waals surface area contributed by atoms with Crippen molar-refractivity contribution >= 4 is 21.6 Å². The predicted molar refractivity (Wildman–Crippen MR) is 67.4 cm³/mol. The van der Waals surface area contributed by atoms with E-state index in [1.54, 1.807) is 19.1 Å². The molecule has 18 heavy (non-hydrogen) atoms. The average Bonchev–Trinajstić information content (AvgIpc) is 2.26. The molecule has 1 rings (SSSR count). The first kappa shape index (κ1) is 14.8. The third-order valence-corrected chi connectivity index (χ3v) is 2.78. The molecule has 2 nitrogen and oxygen atoms in total. The molecule has 98 valence electrons. The lowest BCUT2D eigenvalue weighted by Crippen LogP contribution is -2.35. The normalized spacial score (nSPS) is 11.1. The van der Waals surface area contributed by atoms with Crippen LogP contribution in [0.1, 0.15) is 18.9 Å². The summed E-state index contributed by atoms with van der Waals surface area (Å²) in [4.78, 5) is 1.18. The van der Waals surface area contributed by atoms with E-state index in [2.05, 4.69) is 15.9 Å². The number of halogens is 4. The standard InChI is InChI=1S/C12H12BrF3N2/c1-2-5-18(8-12(14,15)16)11-6-10(13)4-3-9(11)7-17/h3-4,6H,2,5,8H2,1H3. The van der Waals surface area contributed by atoms with Crippen LogP contribution in [0.5, 0.6) is 0 Å². The van der Waals surface area contributed by atoms with Crippen LogP contribution in [0.25, 0.3) is 0 Å². The second kappa shape index (κ2) is 6.10. The lowest BCUT2D eigenvalue weighted by atomic mass is 10.1. The summed E-state index contributed by atoms with van der Waals surface area (Å²) in [7, 11) is 0. The zero-order valence-corrected chi connectivity index (χ0v) is 11.3. The van der Waals surface area contributed by atoms with Gasteiger partial charge in [0.1, 0.15) is 12.6 Å². The Balaban J connectivity index is 3.12. The largest absolute Gasteiger partial charge is 0.405 e. The number of benzene rings is 1. The highest BCUT2D eigenvalue weighted by molar-refractivity contribution is 9.10. The topological polar surface area (TPSA) is 27.0 Å². The van der Waals surface area contributed by atoms with Gasteiger partial charge in [-0.25, -0.2) is 0 Å². The molecule has 1 aromatic rings. The van der Waals surface area contributed by atoms with E-state index in [4.69, 9.17) is 5.26 Å². The van der Waals surface area contributed by atoms with E-state index in [0.29, 0.717) is 16.6 Å². The predicted octanol–water partition coefficient (Wildman–Crippen LogP) is 4.10. The van der Waals surface area contributed by atoms with Crippen LogP contribution in [0, 0.1) is 11.3 Å². The first-order chi connectivity index (χ1) is 8.37. The van der Waals surface area contributed by atoms with Gasteiger partial charge in [0.2, 0.25) is 0 Å². The molecule has 0 spiro atoms. The van der Waals surface area contributed by atoms with Gasteiger partial charge in [-0.05, 0) is 24.6 Å². The minimum atomic E-state index is -4.29. The molecule has 0 radical (unpaired) electrons. The molecule has 0 bridgehead atoms. The summed E-state index contributed by atoms with van der Waals surface area (Å²) in [6.07, 6.45) is -3.71. The summed E-state index contributed by atoms with van der Waals surface area (Å²) >= 11 is 3.21. The fourth-order valence-electron chi connectivity index (χ4n) is 1.63. The van der Waals surface area contributed by atoms with Crippen LogP contribution < -0.4 is 4.90 Å². The van der Waals surface area contributed by atoms with Gasteiger partial charge in [0.05, 0.1) is 11.3 Å². The highest BCUT2D eigenvalue weighted by atomic mass is 79.9. The van der Waals surface area contributed by atoms with Crippen LogP contribution in [0.2, 0.25) is 0 Å². The summed E-state index contributed by atoms with van der Waals surface area (Å²) in [5, 5.41) is 8.95. The van der Waals surface area contributed by atoms with E-state index in [1.165, 1.54) is 11.0 Å². The van der Waals surface area contributed by atoms with E-state index >= 15 is 0 Å². The number of nitrogens with zero attached hydrogens (tertiary/aromatic N) is 2. The van der Waals surface area contributed by atoms with Crippen LogP contribution in [0.3, 0.4) is 0 Å². The summed E-state index contributed by atoms with van der Waals surface area (Å²) in [6.45, 7) is 1.00. The Kier molecular flexibility index (Phi) is 5.03. The highest BCUT2D eigenvalue weighted by Crippen LogP contribution is 2.28. The fourth-order valence-corrected chi connectivity index (χ4v) is 1.98. The molecular weight excluding hydrogens is 309 g/mol. The molecule has 0 aliphatic heterocycles. The molecule has 0 N–H and O–H groups in total. The molecule has 0 amide bonds. The molecule has 0 aromatic heterocycles. The van der Waals surface area contributed by atoms with Crippen molar-refractivity contribution in [2.45, 2.75) is 19.5 Å². The van der Waals surface area contributed by atoms with Gasteiger partial charge in [0, 0.05) is 11.0 Å². The van der Waals surface area contributed by atoms with E-state index < -0.39 is 12.7 Å². The van der Waals surface area contributed by atoms with Gasteiger partial charge in [-0.2, -0.15) is 18.4 Å². The first-order valence-electron chi connectivity index (χ1n) is 5.38. The van der Waals surface area contributed by atoms with E-state index in [1.807, 2.05) is 6.07 Å². The Morgan fingerprint density at radius 3 is 2.56 bits per heavy atom. The third kappa shape index (κ3) is 4.22. The number of hydrogen-bond donors (Lipinski definition) is 0. The quantitative estimate of drug-likeness (QED) is 0.835. The number of anilines is 1. The van der Waals surface area contributed by atoms with Crippen LogP contribution in [-0.4, -0.2) is 19.3 Å². The lowest BCUT2D eigenvalue weighted by molar-refractivity contribution is -0.119. The molecule has 0 unspecified atom stereocenters. The minimum absolute atomic E-state index is 0.246. The molecule has 0 heterocycles. The SMILES string of the molecule is CCCN(CC(F)(F)F)c1cc(Br)ccc1C#N. The van der Waals surface area contributed by atoms with Gasteiger partial charge in [-0.15, -0.1) is 0 Å². The Bertz CT molecular complexity index is 452. The van der Waals surface area contributed by atoms with Crippen molar-refractivity contribution in [3.8, 4) is 6.07 Å². The van der Waals surface area contributed by atoms with Crippen molar-refractivity contribution in [2.75, 3.05) is 18.0 Å². The second-order valence-electron chi connectivity index (χ2n) is 3.81. The molecule has 0 atom stereocenters. The first-order valence-corrected chi connectivity index (χ1v) is 6.18. The Morgan fingerprint density at radius 1 is 1.39 bits per heavy atom. The Morgan fingerprint density at radius 2 is 2.06 bits per heavy atom. The van der Waals surface area contributed by atoms with Gasteiger partial charge in [0.25, 0.3) is 0 Å². The Labute approximate surface area is 112 Å². The number of nitriles is 1. The summed E-state index contributed by atoms with van der Waals surface area (Å²) in [5.41, 5.74) is 0.557. The maximum absolute atomic E-state index is 12.5. The van der Waals surface area contributed by atoms with Crippen LogP contribution in [-0.2, 0) is 0 Å². The van der Waals surface area contributed by atoms with Crippen molar-refractivity contribution in [1.82, 2.24) is 0 Å². The number of rotatable bonds is 4. The number of alkyl halides is 3. The van der Waals surface area contributed by atoms with Gasteiger partial charge in [-0.3, -0.25) is 0 Å². The maximum Gasteiger partial charge on any atom is 0.405 e.